The average molecular weight is 278 g/mol. The van der Waals surface area contributed by atoms with Crippen LogP contribution in [0.15, 0.2) is 24.3 Å². The van der Waals surface area contributed by atoms with Crippen molar-refractivity contribution in [1.29, 1.82) is 0 Å². The summed E-state index contributed by atoms with van der Waals surface area (Å²) in [5.74, 6) is 1.88. The van der Waals surface area contributed by atoms with E-state index in [-0.39, 0.29) is 0 Å². The number of benzene rings is 1. The first-order chi connectivity index (χ1) is 8.43. The van der Waals surface area contributed by atoms with Crippen LogP contribution in [0.3, 0.4) is 0 Å². The fraction of sp³-hybridized carbons (Fsp3) is 0.538. The van der Waals surface area contributed by atoms with E-state index in [1.54, 1.807) is 11.8 Å². The van der Waals surface area contributed by atoms with Gasteiger partial charge in [-0.25, -0.2) is 0 Å². The number of halogens is 3. The molecule has 1 aromatic carbocycles. The minimum atomic E-state index is -4.30. The van der Waals surface area contributed by atoms with Crippen LogP contribution < -0.4 is 0 Å². The number of aliphatic hydroxyl groups excluding tert-OH is 1. The predicted octanol–water partition coefficient (Wildman–Crippen LogP) is 3.75. The van der Waals surface area contributed by atoms with Crippen molar-refractivity contribution in [3.8, 4) is 0 Å². The van der Waals surface area contributed by atoms with Crippen molar-refractivity contribution in [2.75, 3.05) is 11.5 Å². The van der Waals surface area contributed by atoms with E-state index in [4.69, 9.17) is 0 Å². The first-order valence-corrected chi connectivity index (χ1v) is 7.01. The minimum absolute atomic E-state index is 0.405. The molecular formula is C13H17F3OS. The summed E-state index contributed by atoms with van der Waals surface area (Å²) in [5, 5.41) is 9.72. The van der Waals surface area contributed by atoms with Crippen molar-refractivity contribution in [2.24, 2.45) is 0 Å². The number of hydrogen-bond donors (Lipinski definition) is 1. The van der Waals surface area contributed by atoms with Crippen LogP contribution in [0.4, 0.5) is 13.2 Å². The molecule has 1 nitrogen and oxygen atoms in total. The summed E-state index contributed by atoms with van der Waals surface area (Å²) in [5.41, 5.74) is 0.0827. The fourth-order valence-electron chi connectivity index (χ4n) is 1.57. The molecule has 102 valence electrons. The van der Waals surface area contributed by atoms with E-state index in [0.717, 1.165) is 29.2 Å². The maximum Gasteiger partial charge on any atom is 0.416 e. The molecule has 0 heterocycles. The van der Waals surface area contributed by atoms with E-state index in [0.29, 0.717) is 12.8 Å². The van der Waals surface area contributed by atoms with Crippen LogP contribution >= 0.6 is 11.8 Å². The van der Waals surface area contributed by atoms with Crippen LogP contribution in [0, 0.1) is 0 Å². The summed E-state index contributed by atoms with van der Waals surface area (Å²) >= 11 is 1.74. The monoisotopic (exact) mass is 278 g/mol. The van der Waals surface area contributed by atoms with Crippen LogP contribution in [-0.4, -0.2) is 22.7 Å². The molecule has 0 amide bonds. The van der Waals surface area contributed by atoms with Crippen LogP contribution in [0.25, 0.3) is 0 Å². The van der Waals surface area contributed by atoms with Gasteiger partial charge in [0, 0.05) is 0 Å². The van der Waals surface area contributed by atoms with Crippen molar-refractivity contribution < 1.29 is 18.3 Å². The normalized spacial score (nSPS) is 13.6. The van der Waals surface area contributed by atoms with Crippen molar-refractivity contribution in [1.82, 2.24) is 0 Å². The molecule has 0 spiro atoms. The van der Waals surface area contributed by atoms with Crippen LogP contribution in [0.5, 0.6) is 0 Å². The van der Waals surface area contributed by atoms with E-state index in [2.05, 4.69) is 0 Å². The van der Waals surface area contributed by atoms with Gasteiger partial charge >= 0.3 is 6.18 Å². The van der Waals surface area contributed by atoms with Gasteiger partial charge in [0.05, 0.1) is 11.7 Å². The summed E-state index contributed by atoms with van der Waals surface area (Å²) in [7, 11) is 0. The van der Waals surface area contributed by atoms with E-state index < -0.39 is 17.8 Å². The van der Waals surface area contributed by atoms with E-state index in [9.17, 15) is 18.3 Å². The highest BCUT2D eigenvalue weighted by molar-refractivity contribution is 7.99. The van der Waals surface area contributed by atoms with Crippen molar-refractivity contribution in [2.45, 2.75) is 32.0 Å². The zero-order valence-electron chi connectivity index (χ0n) is 10.2. The number of hydrogen-bond acceptors (Lipinski definition) is 2. The first-order valence-electron chi connectivity index (χ1n) is 5.85. The minimum Gasteiger partial charge on any atom is -0.393 e. The molecule has 0 aliphatic heterocycles. The molecule has 1 N–H and O–H groups in total. The van der Waals surface area contributed by atoms with Crippen LogP contribution in [0.1, 0.15) is 24.5 Å². The van der Waals surface area contributed by atoms with E-state index >= 15 is 0 Å². The Balaban J connectivity index is 2.48. The van der Waals surface area contributed by atoms with E-state index in [1.165, 1.54) is 12.1 Å². The Hall–Kier alpha value is -0.680. The molecule has 5 heteroatoms. The molecule has 0 aromatic heterocycles. The molecule has 1 rings (SSSR count). The summed E-state index contributed by atoms with van der Waals surface area (Å²) in [6.45, 7) is 2.05. The Morgan fingerprint density at radius 2 is 1.83 bits per heavy atom. The smallest absolute Gasteiger partial charge is 0.393 e. The van der Waals surface area contributed by atoms with Crippen molar-refractivity contribution >= 4 is 11.8 Å². The third-order valence-electron chi connectivity index (χ3n) is 2.55. The van der Waals surface area contributed by atoms with Gasteiger partial charge < -0.3 is 5.11 Å². The highest BCUT2D eigenvalue weighted by atomic mass is 32.2. The first kappa shape index (κ1) is 15.4. The lowest BCUT2D eigenvalue weighted by atomic mass is 10.0. The molecule has 0 bridgehead atoms. The molecular weight excluding hydrogens is 261 g/mol. The second kappa shape index (κ2) is 7.04. The van der Waals surface area contributed by atoms with Gasteiger partial charge in [0.2, 0.25) is 0 Å². The van der Waals surface area contributed by atoms with Gasteiger partial charge in [-0.2, -0.15) is 24.9 Å². The van der Waals surface area contributed by atoms with Crippen LogP contribution in [0.2, 0.25) is 0 Å². The van der Waals surface area contributed by atoms with Gasteiger partial charge in [0.25, 0.3) is 0 Å². The Kier molecular flexibility index (Phi) is 6.02. The SMILES string of the molecule is CCSCCC(O)Cc1ccc(C(F)(F)F)cc1. The number of rotatable bonds is 6. The Labute approximate surface area is 109 Å². The lowest BCUT2D eigenvalue weighted by Gasteiger charge is -2.11. The Morgan fingerprint density at radius 3 is 2.33 bits per heavy atom. The molecule has 0 saturated carbocycles. The van der Waals surface area contributed by atoms with Crippen molar-refractivity contribution in [3.05, 3.63) is 35.4 Å². The lowest BCUT2D eigenvalue weighted by Crippen LogP contribution is -2.12. The standard InChI is InChI=1S/C13H17F3OS/c1-2-18-8-7-12(17)9-10-3-5-11(6-4-10)13(14,15)16/h3-6,12,17H,2,7-9H2,1H3. The maximum atomic E-state index is 12.3. The molecule has 0 fully saturated rings. The molecule has 18 heavy (non-hydrogen) atoms. The summed E-state index contributed by atoms with van der Waals surface area (Å²) in [6.07, 6.45) is -3.71. The fourth-order valence-corrected chi connectivity index (χ4v) is 2.30. The van der Waals surface area contributed by atoms with E-state index in [1.807, 2.05) is 6.92 Å². The van der Waals surface area contributed by atoms with Gasteiger partial charge in [0.1, 0.15) is 0 Å². The third-order valence-corrected chi connectivity index (χ3v) is 3.48. The van der Waals surface area contributed by atoms with Gasteiger partial charge in [0.15, 0.2) is 0 Å². The van der Waals surface area contributed by atoms with Crippen LogP contribution in [-0.2, 0) is 12.6 Å². The van der Waals surface area contributed by atoms with Crippen molar-refractivity contribution in [3.63, 3.8) is 0 Å². The number of thioether (sulfide) groups is 1. The molecule has 0 saturated heterocycles. The molecule has 1 unspecified atom stereocenters. The highest BCUT2D eigenvalue weighted by Crippen LogP contribution is 2.29. The van der Waals surface area contributed by atoms with Gasteiger partial charge in [-0.05, 0) is 42.0 Å². The van der Waals surface area contributed by atoms with Gasteiger partial charge in [-0.1, -0.05) is 19.1 Å². The maximum absolute atomic E-state index is 12.3. The topological polar surface area (TPSA) is 20.2 Å². The summed E-state index contributed by atoms with van der Waals surface area (Å²) in [6, 6.07) is 4.98. The Bertz CT molecular complexity index is 348. The zero-order chi connectivity index (χ0) is 13.6. The average Bonchev–Trinajstić information content (AvgIpc) is 2.29. The highest BCUT2D eigenvalue weighted by Gasteiger charge is 2.29. The Morgan fingerprint density at radius 1 is 1.22 bits per heavy atom. The molecule has 1 atom stereocenters. The molecule has 1 aromatic rings. The third kappa shape index (κ3) is 5.31. The summed E-state index contributed by atoms with van der Waals surface area (Å²) < 4.78 is 37.0. The largest absolute Gasteiger partial charge is 0.416 e. The summed E-state index contributed by atoms with van der Waals surface area (Å²) in [4.78, 5) is 0. The number of aliphatic hydroxyl groups is 1. The molecule has 0 aliphatic carbocycles. The second-order valence-electron chi connectivity index (χ2n) is 4.04. The van der Waals surface area contributed by atoms with Gasteiger partial charge in [-0.15, -0.1) is 0 Å². The molecule has 0 aliphatic rings. The predicted molar refractivity (Wildman–Crippen MR) is 68.8 cm³/mol. The molecule has 0 radical (unpaired) electrons. The number of alkyl halides is 3. The quantitative estimate of drug-likeness (QED) is 0.800. The van der Waals surface area contributed by atoms with Gasteiger partial charge in [-0.3, -0.25) is 0 Å². The lowest BCUT2D eigenvalue weighted by molar-refractivity contribution is -0.137. The second-order valence-corrected chi connectivity index (χ2v) is 5.43. The zero-order valence-corrected chi connectivity index (χ0v) is 11.0.